The predicted molar refractivity (Wildman–Crippen MR) is 101 cm³/mol. The molecule has 0 aliphatic carbocycles. The van der Waals surface area contributed by atoms with Crippen molar-refractivity contribution in [1.82, 2.24) is 15.1 Å². The quantitative estimate of drug-likeness (QED) is 0.837. The van der Waals surface area contributed by atoms with E-state index in [1.54, 1.807) is 0 Å². The maximum atomic E-state index is 10.6. The van der Waals surface area contributed by atoms with E-state index in [0.717, 1.165) is 55.0 Å². The van der Waals surface area contributed by atoms with Crippen LogP contribution in [0.3, 0.4) is 0 Å². The van der Waals surface area contributed by atoms with Crippen molar-refractivity contribution >= 4 is 11.8 Å². The number of anilines is 2. The molecule has 0 spiro atoms. The summed E-state index contributed by atoms with van der Waals surface area (Å²) < 4.78 is 10.8. The summed E-state index contributed by atoms with van der Waals surface area (Å²) in [6, 6.07) is 3.98. The number of morpholine rings is 1. The van der Waals surface area contributed by atoms with Crippen LogP contribution >= 0.6 is 0 Å². The second-order valence-corrected chi connectivity index (χ2v) is 7.34. The third-order valence-corrected chi connectivity index (χ3v) is 5.28. The molecule has 1 N–H and O–H groups in total. The molecule has 8 heteroatoms. The molecule has 4 rings (SSSR count). The number of aliphatic hydroxyl groups excluding tert-OH is 1. The Hall–Kier alpha value is -2.19. The molecular weight excluding hydrogens is 346 g/mol. The van der Waals surface area contributed by atoms with Crippen molar-refractivity contribution in [3.8, 4) is 0 Å². The van der Waals surface area contributed by atoms with Crippen LogP contribution in [-0.2, 0) is 17.6 Å². The number of aromatic nitrogens is 3. The average molecular weight is 373 g/mol. The van der Waals surface area contributed by atoms with E-state index in [2.05, 4.69) is 21.9 Å². The molecule has 8 nitrogen and oxygen atoms in total. The van der Waals surface area contributed by atoms with Gasteiger partial charge in [0.2, 0.25) is 5.95 Å². The van der Waals surface area contributed by atoms with Crippen molar-refractivity contribution in [2.75, 3.05) is 49.2 Å². The highest BCUT2D eigenvalue weighted by molar-refractivity contribution is 5.47. The van der Waals surface area contributed by atoms with Gasteiger partial charge in [-0.3, -0.25) is 0 Å². The van der Waals surface area contributed by atoms with E-state index in [1.165, 1.54) is 0 Å². The summed E-state index contributed by atoms with van der Waals surface area (Å²) in [7, 11) is 0. The number of rotatable bonds is 5. The third-order valence-electron chi connectivity index (χ3n) is 5.28. The lowest BCUT2D eigenvalue weighted by Gasteiger charge is -2.28. The van der Waals surface area contributed by atoms with Crippen molar-refractivity contribution in [2.45, 2.75) is 32.8 Å². The molecule has 2 atom stereocenters. The molecule has 2 aliphatic heterocycles. The normalized spacial score (nSPS) is 23.2. The standard InChI is InChI=1S/C19H27N5O3/c1-3-15-10-18(21-19(20-15)23-4-6-26-7-5-23)24-11-14(17(25)12-24)9-16-8-13(2)22-27-16/h8,10,14,17,25H,3-7,9,11-12H2,1-2H3/t14-,17-/m1/s1. The maximum absolute atomic E-state index is 10.6. The Morgan fingerprint density at radius 2 is 1.96 bits per heavy atom. The van der Waals surface area contributed by atoms with E-state index in [4.69, 9.17) is 19.2 Å². The fourth-order valence-corrected chi connectivity index (χ4v) is 3.73. The molecule has 0 saturated carbocycles. The van der Waals surface area contributed by atoms with Crippen LogP contribution in [-0.4, -0.2) is 65.7 Å². The maximum Gasteiger partial charge on any atom is 0.227 e. The highest BCUT2D eigenvalue weighted by Crippen LogP contribution is 2.27. The fourth-order valence-electron chi connectivity index (χ4n) is 3.73. The van der Waals surface area contributed by atoms with Gasteiger partial charge in [-0.1, -0.05) is 12.1 Å². The lowest BCUT2D eigenvalue weighted by Crippen LogP contribution is -2.38. The van der Waals surface area contributed by atoms with Gasteiger partial charge >= 0.3 is 0 Å². The van der Waals surface area contributed by atoms with Gasteiger partial charge < -0.3 is 24.2 Å². The zero-order valence-electron chi connectivity index (χ0n) is 16.0. The molecule has 2 aliphatic rings. The summed E-state index contributed by atoms with van der Waals surface area (Å²) in [5.41, 5.74) is 1.89. The van der Waals surface area contributed by atoms with Crippen LogP contribution in [0.25, 0.3) is 0 Å². The van der Waals surface area contributed by atoms with Crippen LogP contribution in [0.5, 0.6) is 0 Å². The van der Waals surface area contributed by atoms with Gasteiger partial charge in [0, 0.05) is 56.3 Å². The van der Waals surface area contributed by atoms with E-state index in [0.29, 0.717) is 26.2 Å². The molecule has 4 heterocycles. The number of nitrogens with zero attached hydrogens (tertiary/aromatic N) is 5. The molecule has 0 unspecified atom stereocenters. The van der Waals surface area contributed by atoms with Crippen LogP contribution in [0.1, 0.15) is 24.1 Å². The minimum absolute atomic E-state index is 0.101. The summed E-state index contributed by atoms with van der Waals surface area (Å²) in [4.78, 5) is 13.8. The van der Waals surface area contributed by atoms with E-state index in [-0.39, 0.29) is 5.92 Å². The molecule has 0 amide bonds. The van der Waals surface area contributed by atoms with E-state index in [9.17, 15) is 5.11 Å². The number of ether oxygens (including phenoxy) is 1. The molecule has 0 radical (unpaired) electrons. The smallest absolute Gasteiger partial charge is 0.227 e. The summed E-state index contributed by atoms with van der Waals surface area (Å²) in [5, 5.41) is 14.5. The van der Waals surface area contributed by atoms with Gasteiger partial charge in [-0.2, -0.15) is 4.98 Å². The Morgan fingerprint density at radius 1 is 1.15 bits per heavy atom. The van der Waals surface area contributed by atoms with Gasteiger partial charge in [-0.15, -0.1) is 0 Å². The molecule has 27 heavy (non-hydrogen) atoms. The van der Waals surface area contributed by atoms with Crippen molar-refractivity contribution in [3.63, 3.8) is 0 Å². The lowest BCUT2D eigenvalue weighted by atomic mass is 10.0. The van der Waals surface area contributed by atoms with Crippen LogP contribution in [0, 0.1) is 12.8 Å². The topological polar surface area (TPSA) is 87.8 Å². The molecule has 2 fully saturated rings. The number of aliphatic hydroxyl groups is 1. The fraction of sp³-hybridized carbons (Fsp3) is 0.632. The van der Waals surface area contributed by atoms with Crippen molar-refractivity contribution in [3.05, 3.63) is 29.3 Å². The van der Waals surface area contributed by atoms with Gasteiger partial charge in [0.15, 0.2) is 0 Å². The Bertz CT molecular complexity index is 774. The number of hydrogen-bond donors (Lipinski definition) is 1. The third kappa shape index (κ3) is 4.06. The predicted octanol–water partition coefficient (Wildman–Crippen LogP) is 1.21. The minimum atomic E-state index is -0.415. The van der Waals surface area contributed by atoms with Crippen molar-refractivity contribution < 1.29 is 14.4 Å². The first-order chi connectivity index (χ1) is 13.1. The average Bonchev–Trinajstić information content (AvgIpc) is 3.28. The molecule has 2 aromatic heterocycles. The highest BCUT2D eigenvalue weighted by Gasteiger charge is 2.33. The van der Waals surface area contributed by atoms with Crippen LogP contribution in [0.2, 0.25) is 0 Å². The summed E-state index contributed by atoms with van der Waals surface area (Å²) >= 11 is 0. The van der Waals surface area contributed by atoms with Gasteiger partial charge in [0.1, 0.15) is 11.6 Å². The van der Waals surface area contributed by atoms with Crippen molar-refractivity contribution in [2.24, 2.45) is 5.92 Å². The van der Waals surface area contributed by atoms with Crippen LogP contribution < -0.4 is 9.80 Å². The zero-order valence-corrected chi connectivity index (χ0v) is 16.0. The van der Waals surface area contributed by atoms with Crippen LogP contribution in [0.15, 0.2) is 16.7 Å². The number of hydrogen-bond acceptors (Lipinski definition) is 8. The number of aryl methyl sites for hydroxylation is 2. The first-order valence-electron chi connectivity index (χ1n) is 9.68. The van der Waals surface area contributed by atoms with E-state index < -0.39 is 6.10 Å². The molecular formula is C19H27N5O3. The molecule has 0 aromatic carbocycles. The highest BCUT2D eigenvalue weighted by atomic mass is 16.5. The van der Waals surface area contributed by atoms with Gasteiger partial charge in [-0.25, -0.2) is 4.98 Å². The molecule has 0 bridgehead atoms. The second kappa shape index (κ2) is 7.82. The SMILES string of the molecule is CCc1cc(N2C[C@@H](Cc3cc(C)no3)[C@H](O)C2)nc(N2CCOCC2)n1. The monoisotopic (exact) mass is 373 g/mol. The summed E-state index contributed by atoms with van der Waals surface area (Å²) in [6.45, 7) is 8.34. The Labute approximate surface area is 159 Å². The van der Waals surface area contributed by atoms with Crippen molar-refractivity contribution in [1.29, 1.82) is 0 Å². The Kier molecular flexibility index (Phi) is 5.27. The lowest BCUT2D eigenvalue weighted by molar-refractivity contribution is 0.122. The van der Waals surface area contributed by atoms with E-state index >= 15 is 0 Å². The minimum Gasteiger partial charge on any atom is -0.391 e. The summed E-state index contributed by atoms with van der Waals surface area (Å²) in [5.74, 6) is 2.57. The molecule has 2 saturated heterocycles. The Balaban J connectivity index is 1.52. The number of β-amino-alcohol motifs (C(OH)–C–C–N with tert-alkyl or cyclic N) is 1. The van der Waals surface area contributed by atoms with Gasteiger partial charge in [0.25, 0.3) is 0 Å². The van der Waals surface area contributed by atoms with Gasteiger partial charge in [0.05, 0.1) is 25.0 Å². The molecule has 146 valence electrons. The zero-order chi connectivity index (χ0) is 18.8. The molecule has 2 aromatic rings. The summed E-state index contributed by atoms with van der Waals surface area (Å²) in [6.07, 6.45) is 1.12. The largest absolute Gasteiger partial charge is 0.391 e. The van der Waals surface area contributed by atoms with Gasteiger partial charge in [-0.05, 0) is 13.3 Å². The first-order valence-corrected chi connectivity index (χ1v) is 9.68. The second-order valence-electron chi connectivity index (χ2n) is 7.34. The Morgan fingerprint density at radius 3 is 2.67 bits per heavy atom. The van der Waals surface area contributed by atoms with E-state index in [1.807, 2.05) is 19.1 Å². The van der Waals surface area contributed by atoms with Crippen LogP contribution in [0.4, 0.5) is 11.8 Å². The first kappa shape index (κ1) is 18.2.